The molecule has 102 valence electrons. The van der Waals surface area contributed by atoms with E-state index in [1.165, 1.54) is 0 Å². The maximum atomic E-state index is 5.84. The van der Waals surface area contributed by atoms with Crippen molar-refractivity contribution in [1.82, 2.24) is 0 Å². The SMILES string of the molecule is COc1ccccc1COc1ccccc1C#CCN. The summed E-state index contributed by atoms with van der Waals surface area (Å²) in [5, 5.41) is 0. The van der Waals surface area contributed by atoms with Crippen LogP contribution < -0.4 is 15.2 Å². The first-order valence-electron chi connectivity index (χ1n) is 6.38. The number of para-hydroxylation sites is 2. The van der Waals surface area contributed by atoms with Crippen LogP contribution >= 0.6 is 0 Å². The summed E-state index contributed by atoms with van der Waals surface area (Å²) in [5.74, 6) is 7.41. The Morgan fingerprint density at radius 1 is 1.00 bits per heavy atom. The van der Waals surface area contributed by atoms with E-state index in [9.17, 15) is 0 Å². The van der Waals surface area contributed by atoms with E-state index in [0.717, 1.165) is 22.6 Å². The molecule has 0 atom stereocenters. The van der Waals surface area contributed by atoms with Crippen molar-refractivity contribution < 1.29 is 9.47 Å². The molecule has 0 aromatic heterocycles. The molecule has 0 radical (unpaired) electrons. The van der Waals surface area contributed by atoms with Crippen LogP contribution in [0.5, 0.6) is 11.5 Å². The standard InChI is InChI=1S/C17H17NO2/c1-19-16-10-4-3-8-15(16)13-20-17-11-5-2-7-14(17)9-6-12-18/h2-5,7-8,10-11H,12-13,18H2,1H3. The van der Waals surface area contributed by atoms with E-state index in [1.807, 2.05) is 48.5 Å². The Hall–Kier alpha value is -2.44. The van der Waals surface area contributed by atoms with Gasteiger partial charge in [0.15, 0.2) is 0 Å². The lowest BCUT2D eigenvalue weighted by atomic mass is 10.2. The lowest BCUT2D eigenvalue weighted by Crippen LogP contribution is -2.00. The highest BCUT2D eigenvalue weighted by molar-refractivity contribution is 5.46. The third-order valence-corrected chi connectivity index (χ3v) is 2.79. The van der Waals surface area contributed by atoms with Gasteiger partial charge in [-0.3, -0.25) is 0 Å². The number of methoxy groups -OCH3 is 1. The van der Waals surface area contributed by atoms with Crippen molar-refractivity contribution in [1.29, 1.82) is 0 Å². The second-order valence-electron chi connectivity index (χ2n) is 4.10. The van der Waals surface area contributed by atoms with Crippen molar-refractivity contribution >= 4 is 0 Å². The minimum Gasteiger partial charge on any atom is -0.496 e. The molecule has 0 aliphatic carbocycles. The van der Waals surface area contributed by atoms with E-state index in [-0.39, 0.29) is 0 Å². The zero-order valence-corrected chi connectivity index (χ0v) is 11.4. The molecule has 2 N–H and O–H groups in total. The molecule has 0 saturated carbocycles. The van der Waals surface area contributed by atoms with Crippen molar-refractivity contribution in [2.45, 2.75) is 6.61 Å². The van der Waals surface area contributed by atoms with Crippen molar-refractivity contribution in [3.63, 3.8) is 0 Å². The second-order valence-corrected chi connectivity index (χ2v) is 4.10. The van der Waals surface area contributed by atoms with Gasteiger partial charge in [-0.1, -0.05) is 42.2 Å². The van der Waals surface area contributed by atoms with Gasteiger partial charge in [0.25, 0.3) is 0 Å². The minimum absolute atomic E-state index is 0.334. The first-order chi connectivity index (χ1) is 9.85. The van der Waals surface area contributed by atoms with Crippen molar-refractivity contribution in [2.75, 3.05) is 13.7 Å². The fourth-order valence-corrected chi connectivity index (χ4v) is 1.82. The smallest absolute Gasteiger partial charge is 0.135 e. The highest BCUT2D eigenvalue weighted by Gasteiger charge is 2.04. The van der Waals surface area contributed by atoms with Gasteiger partial charge < -0.3 is 15.2 Å². The zero-order chi connectivity index (χ0) is 14.2. The summed E-state index contributed by atoms with van der Waals surface area (Å²) in [4.78, 5) is 0. The summed E-state index contributed by atoms with van der Waals surface area (Å²) < 4.78 is 11.1. The highest BCUT2D eigenvalue weighted by atomic mass is 16.5. The number of rotatable bonds is 4. The first kappa shape index (κ1) is 14.0. The van der Waals surface area contributed by atoms with Crippen molar-refractivity contribution in [3.8, 4) is 23.3 Å². The summed E-state index contributed by atoms with van der Waals surface area (Å²) in [6.45, 7) is 0.770. The highest BCUT2D eigenvalue weighted by Crippen LogP contribution is 2.22. The van der Waals surface area contributed by atoms with E-state index >= 15 is 0 Å². The van der Waals surface area contributed by atoms with Crippen LogP contribution in [0.3, 0.4) is 0 Å². The molecule has 0 aliphatic heterocycles. The summed E-state index contributed by atoms with van der Waals surface area (Å²) in [5.41, 5.74) is 7.24. The number of hydrogen-bond acceptors (Lipinski definition) is 3. The molecular weight excluding hydrogens is 250 g/mol. The molecule has 0 amide bonds. The van der Waals surface area contributed by atoms with Gasteiger partial charge in [0.05, 0.1) is 19.2 Å². The van der Waals surface area contributed by atoms with E-state index < -0.39 is 0 Å². The molecule has 0 bridgehead atoms. The first-order valence-corrected chi connectivity index (χ1v) is 6.38. The quantitative estimate of drug-likeness (QED) is 0.866. The fraction of sp³-hybridized carbons (Fsp3) is 0.176. The maximum absolute atomic E-state index is 5.84. The van der Waals surface area contributed by atoms with Gasteiger partial charge in [-0.25, -0.2) is 0 Å². The molecule has 20 heavy (non-hydrogen) atoms. The average Bonchev–Trinajstić information content (AvgIpc) is 2.52. The van der Waals surface area contributed by atoms with Crippen LogP contribution in [0.15, 0.2) is 48.5 Å². The van der Waals surface area contributed by atoms with E-state index in [2.05, 4.69) is 11.8 Å². The molecular formula is C17H17NO2. The van der Waals surface area contributed by atoms with Crippen LogP contribution in [0.1, 0.15) is 11.1 Å². The number of nitrogens with two attached hydrogens (primary N) is 1. The Balaban J connectivity index is 2.15. The van der Waals surface area contributed by atoms with Crippen LogP contribution in [0, 0.1) is 11.8 Å². The van der Waals surface area contributed by atoms with Crippen molar-refractivity contribution in [2.24, 2.45) is 5.73 Å². The van der Waals surface area contributed by atoms with Crippen molar-refractivity contribution in [3.05, 3.63) is 59.7 Å². The molecule has 0 heterocycles. The predicted molar refractivity (Wildman–Crippen MR) is 79.7 cm³/mol. The molecule has 0 aliphatic rings. The topological polar surface area (TPSA) is 44.5 Å². The number of hydrogen-bond donors (Lipinski definition) is 1. The van der Waals surface area contributed by atoms with Gasteiger partial charge in [0, 0.05) is 5.56 Å². The largest absolute Gasteiger partial charge is 0.496 e. The van der Waals surface area contributed by atoms with Gasteiger partial charge in [0.1, 0.15) is 18.1 Å². The molecule has 3 heteroatoms. The van der Waals surface area contributed by atoms with Crippen LogP contribution in [-0.4, -0.2) is 13.7 Å². The third kappa shape index (κ3) is 3.53. The lowest BCUT2D eigenvalue weighted by molar-refractivity contribution is 0.296. The van der Waals surface area contributed by atoms with Gasteiger partial charge in [-0.15, -0.1) is 0 Å². The minimum atomic E-state index is 0.334. The number of benzene rings is 2. The lowest BCUT2D eigenvalue weighted by Gasteiger charge is -2.11. The Bertz CT molecular complexity index is 626. The van der Waals surface area contributed by atoms with Gasteiger partial charge in [-0.2, -0.15) is 0 Å². The van der Waals surface area contributed by atoms with E-state index in [4.69, 9.17) is 15.2 Å². The molecule has 2 aromatic carbocycles. The van der Waals surface area contributed by atoms with Crippen LogP contribution in [0.4, 0.5) is 0 Å². The van der Waals surface area contributed by atoms with E-state index in [0.29, 0.717) is 13.2 Å². The van der Waals surface area contributed by atoms with Crippen LogP contribution in [0.25, 0.3) is 0 Å². The molecule has 0 unspecified atom stereocenters. The predicted octanol–water partition coefficient (Wildman–Crippen LogP) is 2.58. The number of ether oxygens (including phenoxy) is 2. The normalized spacial score (nSPS) is 9.50. The average molecular weight is 267 g/mol. The Morgan fingerprint density at radius 3 is 2.45 bits per heavy atom. The molecule has 2 aromatic rings. The van der Waals surface area contributed by atoms with Gasteiger partial charge >= 0.3 is 0 Å². The zero-order valence-electron chi connectivity index (χ0n) is 11.4. The molecule has 2 rings (SSSR count). The molecule has 0 spiro atoms. The monoisotopic (exact) mass is 267 g/mol. The second kappa shape index (κ2) is 7.22. The maximum Gasteiger partial charge on any atom is 0.135 e. The Kier molecular flexibility index (Phi) is 5.05. The Morgan fingerprint density at radius 2 is 1.70 bits per heavy atom. The third-order valence-electron chi connectivity index (χ3n) is 2.79. The van der Waals surface area contributed by atoms with Gasteiger partial charge in [0.2, 0.25) is 0 Å². The van der Waals surface area contributed by atoms with E-state index in [1.54, 1.807) is 7.11 Å². The van der Waals surface area contributed by atoms with Crippen LogP contribution in [0.2, 0.25) is 0 Å². The summed E-state index contributed by atoms with van der Waals surface area (Å²) in [6, 6.07) is 15.5. The van der Waals surface area contributed by atoms with Gasteiger partial charge in [-0.05, 0) is 18.2 Å². The summed E-state index contributed by atoms with van der Waals surface area (Å²) >= 11 is 0. The Labute approximate surface area is 119 Å². The fourth-order valence-electron chi connectivity index (χ4n) is 1.82. The van der Waals surface area contributed by atoms with Crippen LogP contribution in [-0.2, 0) is 6.61 Å². The molecule has 0 fully saturated rings. The molecule has 3 nitrogen and oxygen atoms in total. The molecule has 0 saturated heterocycles. The summed E-state index contributed by atoms with van der Waals surface area (Å²) in [7, 11) is 1.65. The summed E-state index contributed by atoms with van der Waals surface area (Å²) in [6.07, 6.45) is 0.